The molecule has 10 rings (SSSR count). The third kappa shape index (κ3) is 28.1. The molecule has 0 saturated carbocycles. The number of thiophene rings is 1. The van der Waals surface area contributed by atoms with Gasteiger partial charge in [-0.25, -0.2) is 33.9 Å². The molecule has 127 heavy (non-hydrogen) atoms. The van der Waals surface area contributed by atoms with Crippen molar-refractivity contribution in [2.24, 2.45) is 11.7 Å². The number of aromatic nitrogens is 4. The molecule has 11 N–H and O–H groups in total. The zero-order chi connectivity index (χ0) is 91.9. The summed E-state index contributed by atoms with van der Waals surface area (Å²) in [5.41, 5.74) is 10.7. The number of benzene rings is 5. The van der Waals surface area contributed by atoms with E-state index in [4.69, 9.17) is 46.0 Å². The molecular formula is C85H100ClFN15O22S3+. The Labute approximate surface area is 740 Å². The van der Waals surface area contributed by atoms with Gasteiger partial charge in [-0.05, 0) is 121 Å². The lowest BCUT2D eigenvalue weighted by Gasteiger charge is -2.42. The molecule has 4 atom stereocenters. The van der Waals surface area contributed by atoms with Crippen LogP contribution < -0.4 is 56.6 Å². The van der Waals surface area contributed by atoms with Gasteiger partial charge < -0.3 is 75.8 Å². The molecule has 10 amide bonds. The van der Waals surface area contributed by atoms with E-state index in [0.29, 0.717) is 132 Å². The number of nitrogens with zero attached hydrogens (tertiary/aromatic N) is 8. The number of carboxylic acid groups (broad SMARTS) is 1. The van der Waals surface area contributed by atoms with Crippen LogP contribution in [0.3, 0.4) is 0 Å². The van der Waals surface area contributed by atoms with Crippen molar-refractivity contribution in [2.45, 2.75) is 103 Å². The highest BCUT2D eigenvalue weighted by atomic mass is 35.5. The summed E-state index contributed by atoms with van der Waals surface area (Å²) in [7, 11) is -4.64. The van der Waals surface area contributed by atoms with E-state index >= 15 is 0 Å². The monoisotopic (exact) mass is 1830 g/mol. The van der Waals surface area contributed by atoms with E-state index in [2.05, 4.69) is 51.8 Å². The molecule has 42 heteroatoms. The molecule has 2 aliphatic rings. The number of anilines is 1. The molecule has 5 aromatic carbocycles. The Hall–Kier alpha value is -12.2. The quantitative estimate of drug-likeness (QED) is 0.00898. The van der Waals surface area contributed by atoms with Crippen molar-refractivity contribution in [3.8, 4) is 56.1 Å². The van der Waals surface area contributed by atoms with Crippen LogP contribution in [0.2, 0.25) is 5.02 Å². The Morgan fingerprint density at radius 2 is 1.40 bits per heavy atom. The van der Waals surface area contributed by atoms with Gasteiger partial charge >= 0.3 is 12.0 Å². The molecule has 678 valence electrons. The van der Waals surface area contributed by atoms with Crippen LogP contribution >= 0.6 is 22.9 Å². The Bertz CT molecular complexity index is 5610. The molecule has 0 radical (unpaired) electrons. The first kappa shape index (κ1) is 97.0. The second kappa shape index (κ2) is 44.8. The number of carbonyl (C=O) groups excluding carboxylic acids is 9. The van der Waals surface area contributed by atoms with Crippen molar-refractivity contribution >= 4 is 118 Å². The summed E-state index contributed by atoms with van der Waals surface area (Å²) in [5.74, 6) is -9.45. The van der Waals surface area contributed by atoms with Crippen LogP contribution in [-0.4, -0.2) is 259 Å². The van der Waals surface area contributed by atoms with E-state index in [1.165, 1.54) is 41.7 Å². The Balaban J connectivity index is 0.845. The number of rotatable bonds is 46. The molecule has 1 fully saturated rings. The third-order valence-corrected chi connectivity index (χ3v) is 23.7. The van der Waals surface area contributed by atoms with Gasteiger partial charge in [0.25, 0.3) is 32.1 Å². The van der Waals surface area contributed by atoms with Gasteiger partial charge in [0.2, 0.25) is 47.4 Å². The maximum atomic E-state index is 14.6. The topological polar surface area (TPSA) is 505 Å². The highest BCUT2D eigenvalue weighted by Gasteiger charge is 2.36. The molecule has 2 aliphatic heterocycles. The van der Waals surface area contributed by atoms with Crippen molar-refractivity contribution in [3.63, 3.8) is 0 Å². The number of halogens is 2. The lowest BCUT2D eigenvalue weighted by molar-refractivity contribution is -0.926. The van der Waals surface area contributed by atoms with Crippen molar-refractivity contribution in [1.29, 1.82) is 0 Å². The second-order valence-electron chi connectivity index (χ2n) is 30.8. The van der Waals surface area contributed by atoms with Crippen LogP contribution in [0.1, 0.15) is 73.9 Å². The van der Waals surface area contributed by atoms with E-state index in [1.54, 1.807) is 107 Å². The summed E-state index contributed by atoms with van der Waals surface area (Å²) >= 11 is 8.58. The smallest absolute Gasteiger partial charge is 0.345 e. The zero-order valence-corrected chi connectivity index (χ0v) is 73.6. The van der Waals surface area contributed by atoms with E-state index in [9.17, 15) is 83.4 Å². The minimum Gasteiger partial charge on any atom is -0.496 e. The fourth-order valence-electron chi connectivity index (χ4n) is 14.2. The Morgan fingerprint density at radius 1 is 0.724 bits per heavy atom. The lowest BCUT2D eigenvalue weighted by atomic mass is 9.96. The van der Waals surface area contributed by atoms with Gasteiger partial charge in [-0.2, -0.15) is 16.8 Å². The number of nitrogens with one attached hydrogen (secondary N) is 6. The van der Waals surface area contributed by atoms with Crippen molar-refractivity contribution in [3.05, 3.63) is 173 Å². The second-order valence-corrected chi connectivity index (χ2v) is 35.1. The number of carbonyl (C=O) groups is 10. The van der Waals surface area contributed by atoms with Crippen molar-refractivity contribution in [1.82, 2.24) is 61.2 Å². The van der Waals surface area contributed by atoms with Crippen LogP contribution in [0, 0.1) is 18.7 Å². The highest BCUT2D eigenvalue weighted by Crippen LogP contribution is 2.50. The van der Waals surface area contributed by atoms with Gasteiger partial charge in [0.05, 0.1) is 68.7 Å². The number of piperazine rings is 1. The first-order chi connectivity index (χ1) is 60.4. The number of amides is 10. The minimum absolute atomic E-state index is 0.00220. The average Bonchev–Trinajstić information content (AvgIpc) is 1.59. The highest BCUT2D eigenvalue weighted by molar-refractivity contribution is 7.86. The van der Waals surface area contributed by atoms with E-state index < -0.39 is 127 Å². The summed E-state index contributed by atoms with van der Waals surface area (Å²) in [5, 5.41) is 26.9. The maximum Gasteiger partial charge on any atom is 0.345 e. The molecule has 5 heterocycles. The van der Waals surface area contributed by atoms with Crippen LogP contribution in [0.25, 0.3) is 43.2 Å². The number of carboxylic acids is 1. The van der Waals surface area contributed by atoms with Crippen molar-refractivity contribution < 1.29 is 112 Å². The Morgan fingerprint density at radius 3 is 2.09 bits per heavy atom. The number of para-hydroxylation sites is 2. The predicted octanol–water partition coefficient (Wildman–Crippen LogP) is 6.05. The number of methoxy groups -OCH3 is 1. The number of imide groups is 1. The minimum atomic E-state index is -4.91. The summed E-state index contributed by atoms with van der Waals surface area (Å²) < 4.78 is 111. The number of fused-ring (bicyclic) bond motifs is 1. The van der Waals surface area contributed by atoms with Crippen LogP contribution in [0.5, 0.6) is 23.1 Å². The number of nitrogens with two attached hydrogens (primary N) is 1. The van der Waals surface area contributed by atoms with E-state index in [1.807, 2.05) is 31.3 Å². The first-order valence-corrected chi connectivity index (χ1v) is 44.8. The first-order valence-electron chi connectivity index (χ1n) is 40.4. The average molecular weight is 1830 g/mol. The lowest BCUT2D eigenvalue weighted by Crippen LogP contribution is -2.57. The third-order valence-electron chi connectivity index (χ3n) is 20.9. The molecule has 1 saturated heterocycles. The van der Waals surface area contributed by atoms with Gasteiger partial charge in [0.15, 0.2) is 17.3 Å². The standard InChI is InChI=1S/C85H99ClFN15O22S3/c1-51(2)76(98-68(103)30-40-121-41-37-101-71(106)27-28-72(101)107)80(109)97-62(15-11-32-91-85(88)113)79(108)95-58-24-21-55(56(43-58)45-99(4)83(110)63(96-70(105)49-127(117,118)119)16-12-31-89-69(104)48-126(114,115)116)46-102(5)38-34-100(35-39-102)36-42-122-66-26-25-60(52(3)75(66)86)73-74-81(92-50-93-82(74)125-77(73)53-19-22-57(87)23-20-53)124-67(84(111)112)44-54-13-7-9-17-64(54)123-47-59-29-33-90-78(94-59)61-14-8-10-18-65(61)120-6/h7-10,13-14,17-29,33,43,50-51,62-63,67,76H,11-12,15-16,30-32,34-42,44-49H2,1-6H3,(H10-,88,89,91,95,96,97,98,103,104,105,108,109,111,112,113,114,115,116,117,118,119)/p+1/t62-,63+,67+,76-/m0/s1. The maximum absolute atomic E-state index is 14.6. The largest absolute Gasteiger partial charge is 0.496 e. The number of primary amides is 1. The molecule has 3 aromatic heterocycles. The van der Waals surface area contributed by atoms with E-state index in [0.717, 1.165) is 17.1 Å². The van der Waals surface area contributed by atoms with Gasteiger partial charge in [-0.1, -0.05) is 80.0 Å². The van der Waals surface area contributed by atoms with Crippen LogP contribution in [0.4, 0.5) is 14.9 Å². The molecule has 0 bridgehead atoms. The normalized spacial score (nSPS) is 14.3. The number of likely N-dealkylation sites (N-methyl/N-ethyl adjacent to an activating group) is 2. The number of hydrogen-bond donors (Lipinski definition) is 10. The Kier molecular flexibility index (Phi) is 34.2. The van der Waals surface area contributed by atoms with Gasteiger partial charge in [0.1, 0.15) is 72.1 Å². The van der Waals surface area contributed by atoms with Crippen molar-refractivity contribution in [2.75, 3.05) is 110 Å². The number of ether oxygens (including phenoxy) is 5. The summed E-state index contributed by atoms with van der Waals surface area (Å²) in [6.45, 7) is 7.63. The fourth-order valence-corrected chi connectivity index (χ4v) is 16.4. The predicted molar refractivity (Wildman–Crippen MR) is 465 cm³/mol. The van der Waals surface area contributed by atoms with Crippen LogP contribution in [-0.2, 0) is 94.2 Å². The number of urea groups is 1. The molecule has 0 spiro atoms. The van der Waals surface area contributed by atoms with Gasteiger partial charge in [-0.3, -0.25) is 57.3 Å². The number of aliphatic carboxylic acids is 1. The van der Waals surface area contributed by atoms with Gasteiger partial charge in [0, 0.05) is 99.2 Å². The summed E-state index contributed by atoms with van der Waals surface area (Å²) in [6, 6.07) is 25.6. The van der Waals surface area contributed by atoms with Crippen LogP contribution in [0.15, 0.2) is 134 Å². The molecule has 0 aliphatic carbocycles. The summed E-state index contributed by atoms with van der Waals surface area (Å²) in [6.07, 6.45) is 2.94. The molecule has 37 nitrogen and oxygen atoms in total. The molecule has 8 aromatic rings. The van der Waals surface area contributed by atoms with Gasteiger partial charge in [-0.15, -0.1) is 11.3 Å². The summed E-state index contributed by atoms with van der Waals surface area (Å²) in [4.78, 5) is 155. The number of quaternary nitrogens is 1. The van der Waals surface area contributed by atoms with E-state index in [-0.39, 0.29) is 108 Å². The zero-order valence-electron chi connectivity index (χ0n) is 70.4. The SMILES string of the molecule is COc1ccccc1-c1nccc(COc2ccccc2C[C@@H](Oc2ncnc3sc(-c4ccc(F)cc4)c(-c4ccc(OCCN5CC[N+](C)(Cc6ccc(NC(=O)[C@H](CCCNC(N)=O)NC(=O)[C@@H](NC(=O)CCOCCN7C(=O)C=CC7=O)C(C)C)cc6CN(C)C(=O)[C@@H](CCCNC(=O)CS(=O)(=O)O)NC(=O)CS(=O)(=O)O)CC5)c(Cl)c4C)c23)C(=O)O)n1. The molecular weight excluding hydrogens is 1730 g/mol. The fraction of sp³-hybridized carbons (Fsp3) is 0.388. The molecule has 0 unspecified atom stereocenters. The number of hydrogen-bond acceptors (Lipinski definition) is 25.